The number of carbonyl (C=O) groups is 2. The molecular weight excluding hydrogens is 470 g/mol. The minimum atomic E-state index is -1.28. The Labute approximate surface area is 217 Å². The van der Waals surface area contributed by atoms with Crippen LogP contribution in [0.2, 0.25) is 0 Å². The first-order valence-electron chi connectivity index (χ1n) is 12.5. The zero-order valence-corrected chi connectivity index (χ0v) is 21.4. The fourth-order valence-corrected chi connectivity index (χ4v) is 4.76. The maximum absolute atomic E-state index is 13.6. The molecule has 3 aromatic rings. The number of imide groups is 1. The SMILES string of the molecule is CCO[C@H](C(=O)N1C(=O)OCC1Cc1ccccc1)[C@H](O)c1c(C)cc(OCc2ccccc2)cc1C. The molecule has 0 bridgehead atoms. The van der Waals surface area contributed by atoms with E-state index in [1.807, 2.05) is 86.6 Å². The minimum absolute atomic E-state index is 0.0971. The molecule has 37 heavy (non-hydrogen) atoms. The molecule has 1 aliphatic heterocycles. The summed E-state index contributed by atoms with van der Waals surface area (Å²) in [5.74, 6) is 0.0566. The third kappa shape index (κ3) is 6.18. The Morgan fingerprint density at radius 1 is 1.03 bits per heavy atom. The lowest BCUT2D eigenvalue weighted by Crippen LogP contribution is -2.48. The van der Waals surface area contributed by atoms with Gasteiger partial charge in [-0.3, -0.25) is 4.79 Å². The van der Waals surface area contributed by atoms with Crippen LogP contribution < -0.4 is 4.74 Å². The fraction of sp³-hybridized carbons (Fsp3) is 0.333. The Hall–Kier alpha value is -3.68. The van der Waals surface area contributed by atoms with Gasteiger partial charge in [0, 0.05) is 6.61 Å². The van der Waals surface area contributed by atoms with Gasteiger partial charge in [0.05, 0.1) is 6.04 Å². The van der Waals surface area contributed by atoms with E-state index in [2.05, 4.69) is 0 Å². The Morgan fingerprint density at radius 2 is 1.62 bits per heavy atom. The molecule has 1 N–H and O–H groups in total. The van der Waals surface area contributed by atoms with Crippen LogP contribution in [0.15, 0.2) is 72.8 Å². The van der Waals surface area contributed by atoms with E-state index in [-0.39, 0.29) is 13.2 Å². The topological polar surface area (TPSA) is 85.3 Å². The van der Waals surface area contributed by atoms with Crippen LogP contribution >= 0.6 is 0 Å². The summed E-state index contributed by atoms with van der Waals surface area (Å²) in [7, 11) is 0. The summed E-state index contributed by atoms with van der Waals surface area (Å²) < 4.78 is 16.9. The summed E-state index contributed by atoms with van der Waals surface area (Å²) in [4.78, 5) is 27.3. The van der Waals surface area contributed by atoms with Crippen molar-refractivity contribution in [2.45, 2.75) is 52.0 Å². The highest BCUT2D eigenvalue weighted by atomic mass is 16.6. The van der Waals surface area contributed by atoms with E-state index in [0.29, 0.717) is 24.3 Å². The van der Waals surface area contributed by atoms with Crippen LogP contribution in [0.3, 0.4) is 0 Å². The summed E-state index contributed by atoms with van der Waals surface area (Å²) in [5, 5.41) is 11.4. The molecule has 0 aliphatic carbocycles. The number of hydrogen-bond acceptors (Lipinski definition) is 6. The summed E-state index contributed by atoms with van der Waals surface area (Å²) >= 11 is 0. The molecule has 194 valence electrons. The van der Waals surface area contributed by atoms with E-state index < -0.39 is 30.3 Å². The fourth-order valence-electron chi connectivity index (χ4n) is 4.76. The smallest absolute Gasteiger partial charge is 0.417 e. The summed E-state index contributed by atoms with van der Waals surface area (Å²) in [6, 6.07) is 22.7. The molecule has 2 amide bonds. The number of aliphatic hydroxyl groups excluding tert-OH is 1. The molecule has 1 saturated heterocycles. The quantitative estimate of drug-likeness (QED) is 0.423. The van der Waals surface area contributed by atoms with E-state index in [0.717, 1.165) is 27.2 Å². The van der Waals surface area contributed by atoms with E-state index in [1.165, 1.54) is 0 Å². The molecule has 0 aromatic heterocycles. The highest BCUT2D eigenvalue weighted by molar-refractivity contribution is 5.96. The van der Waals surface area contributed by atoms with Gasteiger partial charge >= 0.3 is 6.09 Å². The summed E-state index contributed by atoms with van der Waals surface area (Å²) in [6.07, 6.45) is -2.80. The lowest BCUT2D eigenvalue weighted by Gasteiger charge is -2.29. The van der Waals surface area contributed by atoms with Crippen molar-refractivity contribution in [1.82, 2.24) is 4.90 Å². The van der Waals surface area contributed by atoms with Gasteiger partial charge in [-0.1, -0.05) is 60.7 Å². The second kappa shape index (κ2) is 12.0. The molecular formula is C30H33NO6. The molecule has 1 aliphatic rings. The van der Waals surface area contributed by atoms with E-state index in [9.17, 15) is 14.7 Å². The Morgan fingerprint density at radius 3 is 2.22 bits per heavy atom. The monoisotopic (exact) mass is 503 g/mol. The van der Waals surface area contributed by atoms with Gasteiger partial charge in [-0.05, 0) is 67.1 Å². The first-order chi connectivity index (χ1) is 17.9. The molecule has 3 aromatic carbocycles. The maximum atomic E-state index is 13.6. The van der Waals surface area contributed by atoms with Crippen molar-refractivity contribution in [1.29, 1.82) is 0 Å². The zero-order chi connectivity index (χ0) is 26.4. The van der Waals surface area contributed by atoms with Crippen LogP contribution in [0.4, 0.5) is 4.79 Å². The second-order valence-corrected chi connectivity index (χ2v) is 9.19. The van der Waals surface area contributed by atoms with E-state index in [4.69, 9.17) is 14.2 Å². The normalized spacial score (nSPS) is 16.8. The maximum Gasteiger partial charge on any atom is 0.417 e. The number of benzene rings is 3. The van der Waals surface area contributed by atoms with Gasteiger partial charge in [-0.2, -0.15) is 0 Å². The third-order valence-electron chi connectivity index (χ3n) is 6.50. The van der Waals surface area contributed by atoms with E-state index >= 15 is 0 Å². The highest BCUT2D eigenvalue weighted by Gasteiger charge is 2.44. The Balaban J connectivity index is 1.54. The molecule has 3 atom stereocenters. The van der Waals surface area contributed by atoms with Crippen molar-refractivity contribution in [2.75, 3.05) is 13.2 Å². The number of rotatable bonds is 10. The standard InChI is InChI=1S/C30H33NO6/c1-4-35-28(29(33)31-24(19-37-30(31)34)17-22-11-7-5-8-12-22)27(32)26-20(2)15-25(16-21(26)3)36-18-23-13-9-6-10-14-23/h5-16,24,27-28,32H,4,17-19H2,1-3H3/t24?,27-,28+/m1/s1. The molecule has 0 radical (unpaired) electrons. The van der Waals surface area contributed by atoms with Gasteiger partial charge in [0.2, 0.25) is 0 Å². The summed E-state index contributed by atoms with van der Waals surface area (Å²) in [6.45, 7) is 6.17. The number of nitrogens with zero attached hydrogens (tertiary/aromatic N) is 1. The minimum Gasteiger partial charge on any atom is -0.489 e. The van der Waals surface area contributed by atoms with Gasteiger partial charge in [-0.15, -0.1) is 0 Å². The molecule has 1 fully saturated rings. The van der Waals surface area contributed by atoms with Crippen LogP contribution in [-0.2, 0) is 27.3 Å². The van der Waals surface area contributed by atoms with Crippen molar-refractivity contribution in [3.63, 3.8) is 0 Å². The van der Waals surface area contributed by atoms with Crippen LogP contribution in [-0.4, -0.2) is 47.4 Å². The number of hydrogen-bond donors (Lipinski definition) is 1. The van der Waals surface area contributed by atoms with Crippen molar-refractivity contribution < 1.29 is 28.9 Å². The number of aryl methyl sites for hydroxylation is 2. The number of aliphatic hydroxyl groups is 1. The van der Waals surface area contributed by atoms with Gasteiger partial charge < -0.3 is 19.3 Å². The van der Waals surface area contributed by atoms with Crippen LogP contribution in [0, 0.1) is 13.8 Å². The number of ether oxygens (including phenoxy) is 3. The number of cyclic esters (lactones) is 1. The van der Waals surface area contributed by atoms with Crippen LogP contribution in [0.1, 0.15) is 40.8 Å². The molecule has 7 nitrogen and oxygen atoms in total. The van der Waals surface area contributed by atoms with Gasteiger partial charge in [0.25, 0.3) is 5.91 Å². The lowest BCUT2D eigenvalue weighted by molar-refractivity contribution is -0.149. The van der Waals surface area contributed by atoms with Crippen LogP contribution in [0.5, 0.6) is 5.75 Å². The third-order valence-corrected chi connectivity index (χ3v) is 6.50. The highest BCUT2D eigenvalue weighted by Crippen LogP contribution is 2.32. The Kier molecular flexibility index (Phi) is 8.58. The average molecular weight is 504 g/mol. The second-order valence-electron chi connectivity index (χ2n) is 9.19. The van der Waals surface area contributed by atoms with Crippen LogP contribution in [0.25, 0.3) is 0 Å². The van der Waals surface area contributed by atoms with Crippen molar-refractivity contribution in [3.8, 4) is 5.75 Å². The first-order valence-corrected chi connectivity index (χ1v) is 12.5. The Bertz CT molecular complexity index is 1190. The molecule has 0 saturated carbocycles. The van der Waals surface area contributed by atoms with Gasteiger partial charge in [0.1, 0.15) is 25.1 Å². The number of amides is 2. The van der Waals surface area contributed by atoms with Crippen molar-refractivity contribution in [3.05, 3.63) is 101 Å². The molecule has 7 heteroatoms. The molecule has 1 heterocycles. The van der Waals surface area contributed by atoms with Crippen molar-refractivity contribution >= 4 is 12.0 Å². The van der Waals surface area contributed by atoms with E-state index in [1.54, 1.807) is 6.92 Å². The van der Waals surface area contributed by atoms with Gasteiger partial charge in [-0.25, -0.2) is 9.69 Å². The predicted molar refractivity (Wildman–Crippen MR) is 139 cm³/mol. The lowest BCUT2D eigenvalue weighted by atomic mass is 9.93. The first kappa shape index (κ1) is 26.4. The molecule has 4 rings (SSSR count). The largest absolute Gasteiger partial charge is 0.489 e. The molecule has 1 unspecified atom stereocenters. The average Bonchev–Trinajstić information content (AvgIpc) is 3.26. The summed E-state index contributed by atoms with van der Waals surface area (Å²) in [5.41, 5.74) is 4.13. The van der Waals surface area contributed by atoms with Crippen molar-refractivity contribution in [2.24, 2.45) is 0 Å². The van der Waals surface area contributed by atoms with Gasteiger partial charge in [0.15, 0.2) is 6.10 Å². The molecule has 0 spiro atoms. The zero-order valence-electron chi connectivity index (χ0n) is 21.4. The predicted octanol–water partition coefficient (Wildman–Crippen LogP) is 4.91. The number of carbonyl (C=O) groups excluding carboxylic acids is 2.